The van der Waals surface area contributed by atoms with E-state index in [0.717, 1.165) is 20.6 Å². The Bertz CT molecular complexity index is 1060. The monoisotopic (exact) mass is 411 g/mol. The van der Waals surface area contributed by atoms with Gasteiger partial charge in [0.2, 0.25) is 10.0 Å². The first kappa shape index (κ1) is 18.7. The second-order valence-corrected chi connectivity index (χ2v) is 9.05. The summed E-state index contributed by atoms with van der Waals surface area (Å²) in [7, 11) is -2.54. The van der Waals surface area contributed by atoms with Crippen molar-refractivity contribution in [1.82, 2.24) is 9.29 Å². The molecule has 0 fully saturated rings. The topological polar surface area (TPSA) is 93.4 Å². The number of hydrogen-bond donors (Lipinski definition) is 0. The van der Waals surface area contributed by atoms with Crippen molar-refractivity contribution in [2.75, 3.05) is 7.05 Å². The lowest BCUT2D eigenvalue weighted by atomic mass is 10.3. The van der Waals surface area contributed by atoms with Gasteiger partial charge in [0.05, 0.1) is 26.1 Å². The molecule has 26 heavy (non-hydrogen) atoms. The first-order chi connectivity index (χ1) is 12.2. The van der Waals surface area contributed by atoms with Gasteiger partial charge in [-0.2, -0.15) is 4.31 Å². The van der Waals surface area contributed by atoms with E-state index in [-0.39, 0.29) is 9.92 Å². The summed E-state index contributed by atoms with van der Waals surface area (Å²) in [6, 6.07) is 10.4. The molecule has 136 valence electrons. The minimum atomic E-state index is -3.96. The fourth-order valence-corrected chi connectivity index (χ4v) is 5.06. The van der Waals surface area contributed by atoms with Crippen LogP contribution in [0.25, 0.3) is 10.2 Å². The number of benzene rings is 2. The third kappa shape index (κ3) is 3.30. The van der Waals surface area contributed by atoms with Crippen LogP contribution in [0.2, 0.25) is 5.02 Å². The second kappa shape index (κ2) is 6.92. The standard InChI is InChI=1S/C16H14ClN3O4S2/c1-10(16-18-13-5-3-4-6-15(13)25-16)19(2)26(23,24)11-7-8-12(17)14(9-11)20(21)22/h3-10H,1-2H3/t10-/m0/s1. The lowest BCUT2D eigenvalue weighted by Crippen LogP contribution is -2.29. The van der Waals surface area contributed by atoms with Gasteiger partial charge in [-0.05, 0) is 31.2 Å². The molecular weight excluding hydrogens is 398 g/mol. The molecule has 0 bridgehead atoms. The molecule has 0 saturated carbocycles. The van der Waals surface area contributed by atoms with E-state index in [9.17, 15) is 18.5 Å². The van der Waals surface area contributed by atoms with Crippen molar-refractivity contribution in [3.63, 3.8) is 0 Å². The van der Waals surface area contributed by atoms with Crippen LogP contribution < -0.4 is 0 Å². The number of nitro groups is 1. The Labute approximate surface area is 159 Å². The van der Waals surface area contributed by atoms with Crippen LogP contribution in [-0.2, 0) is 10.0 Å². The molecule has 1 heterocycles. The number of para-hydroxylation sites is 1. The highest BCUT2D eigenvalue weighted by molar-refractivity contribution is 7.89. The number of nitrogens with zero attached hydrogens (tertiary/aromatic N) is 3. The van der Waals surface area contributed by atoms with Crippen LogP contribution in [0.3, 0.4) is 0 Å². The van der Waals surface area contributed by atoms with Crippen LogP contribution in [0.1, 0.15) is 18.0 Å². The van der Waals surface area contributed by atoms with E-state index in [1.54, 1.807) is 6.92 Å². The molecule has 0 N–H and O–H groups in total. The molecule has 0 spiro atoms. The van der Waals surface area contributed by atoms with Crippen molar-refractivity contribution < 1.29 is 13.3 Å². The average Bonchev–Trinajstić information content (AvgIpc) is 3.04. The van der Waals surface area contributed by atoms with E-state index < -0.39 is 26.7 Å². The second-order valence-electron chi connectivity index (χ2n) is 5.59. The Morgan fingerprint density at radius 1 is 1.27 bits per heavy atom. The molecule has 1 aromatic heterocycles. The Balaban J connectivity index is 1.98. The summed E-state index contributed by atoms with van der Waals surface area (Å²) in [5.74, 6) is 0. The fraction of sp³-hybridized carbons (Fsp3) is 0.188. The summed E-state index contributed by atoms with van der Waals surface area (Å²) in [5, 5.41) is 11.6. The van der Waals surface area contributed by atoms with Crippen molar-refractivity contribution in [2.24, 2.45) is 0 Å². The number of rotatable bonds is 5. The van der Waals surface area contributed by atoms with Gasteiger partial charge in [-0.3, -0.25) is 10.1 Å². The van der Waals surface area contributed by atoms with E-state index in [4.69, 9.17) is 11.6 Å². The number of aromatic nitrogens is 1. The van der Waals surface area contributed by atoms with Crippen LogP contribution >= 0.6 is 22.9 Å². The van der Waals surface area contributed by atoms with Crippen LogP contribution in [0.4, 0.5) is 5.69 Å². The Morgan fingerprint density at radius 2 is 1.96 bits per heavy atom. The first-order valence-corrected chi connectivity index (χ1v) is 10.1. The molecular formula is C16H14ClN3O4S2. The molecule has 0 aliphatic rings. The molecule has 1 atom stereocenters. The van der Waals surface area contributed by atoms with E-state index in [1.165, 1.54) is 30.5 Å². The normalized spacial score (nSPS) is 13.2. The Kier molecular flexibility index (Phi) is 4.98. The predicted molar refractivity (Wildman–Crippen MR) is 101 cm³/mol. The number of hydrogen-bond acceptors (Lipinski definition) is 6. The number of nitro benzene ring substituents is 1. The van der Waals surface area contributed by atoms with Gasteiger partial charge < -0.3 is 0 Å². The molecule has 7 nitrogen and oxygen atoms in total. The van der Waals surface area contributed by atoms with Crippen LogP contribution in [0, 0.1) is 10.1 Å². The van der Waals surface area contributed by atoms with Gasteiger partial charge in [0, 0.05) is 13.1 Å². The lowest BCUT2D eigenvalue weighted by molar-refractivity contribution is -0.384. The van der Waals surface area contributed by atoms with Crippen LogP contribution in [-0.4, -0.2) is 29.7 Å². The van der Waals surface area contributed by atoms with E-state index in [1.807, 2.05) is 24.3 Å². The predicted octanol–water partition coefficient (Wildman–Crippen LogP) is 4.24. The number of halogens is 1. The maximum absolute atomic E-state index is 12.9. The summed E-state index contributed by atoms with van der Waals surface area (Å²) in [5.41, 5.74) is 0.348. The van der Waals surface area contributed by atoms with Crippen molar-refractivity contribution >= 4 is 48.9 Å². The minimum Gasteiger partial charge on any atom is -0.258 e. The summed E-state index contributed by atoms with van der Waals surface area (Å²) in [6.45, 7) is 1.72. The van der Waals surface area contributed by atoms with Gasteiger partial charge in [-0.25, -0.2) is 13.4 Å². The number of fused-ring (bicyclic) bond motifs is 1. The lowest BCUT2D eigenvalue weighted by Gasteiger charge is -2.22. The van der Waals surface area contributed by atoms with Gasteiger partial charge >= 0.3 is 0 Å². The maximum Gasteiger partial charge on any atom is 0.289 e. The van der Waals surface area contributed by atoms with Crippen molar-refractivity contribution in [3.8, 4) is 0 Å². The van der Waals surface area contributed by atoms with E-state index >= 15 is 0 Å². The summed E-state index contributed by atoms with van der Waals surface area (Å²) < 4.78 is 27.9. The smallest absolute Gasteiger partial charge is 0.258 e. The molecule has 0 unspecified atom stereocenters. The Morgan fingerprint density at radius 3 is 2.62 bits per heavy atom. The molecule has 3 rings (SSSR count). The summed E-state index contributed by atoms with van der Waals surface area (Å²) >= 11 is 7.17. The molecule has 10 heteroatoms. The van der Waals surface area contributed by atoms with Crippen LogP contribution in [0.5, 0.6) is 0 Å². The first-order valence-electron chi connectivity index (χ1n) is 7.49. The molecule has 3 aromatic rings. The summed E-state index contributed by atoms with van der Waals surface area (Å²) in [4.78, 5) is 14.6. The molecule has 0 saturated heterocycles. The molecule has 0 aliphatic heterocycles. The third-order valence-electron chi connectivity index (χ3n) is 4.00. The SMILES string of the molecule is C[C@@H](c1nc2ccccc2s1)N(C)S(=O)(=O)c1ccc(Cl)c([N+](=O)[O-])c1. The molecule has 2 aromatic carbocycles. The van der Waals surface area contributed by atoms with Gasteiger partial charge in [0.15, 0.2) is 0 Å². The highest BCUT2D eigenvalue weighted by Gasteiger charge is 2.30. The Hall–Kier alpha value is -2.07. The number of sulfonamides is 1. The highest BCUT2D eigenvalue weighted by Crippen LogP contribution is 2.33. The average molecular weight is 412 g/mol. The van der Waals surface area contributed by atoms with Gasteiger partial charge in [0.25, 0.3) is 5.69 Å². The molecule has 0 amide bonds. The van der Waals surface area contributed by atoms with Gasteiger partial charge in [-0.15, -0.1) is 11.3 Å². The number of thiazole rings is 1. The fourth-order valence-electron chi connectivity index (χ4n) is 2.39. The van der Waals surface area contributed by atoms with E-state index in [0.29, 0.717) is 5.01 Å². The third-order valence-corrected chi connectivity index (χ3v) is 7.45. The zero-order valence-corrected chi connectivity index (χ0v) is 16.2. The molecule has 0 aliphatic carbocycles. The summed E-state index contributed by atoms with van der Waals surface area (Å²) in [6.07, 6.45) is 0. The van der Waals surface area contributed by atoms with Gasteiger partial charge in [0.1, 0.15) is 10.0 Å². The zero-order valence-electron chi connectivity index (χ0n) is 13.8. The van der Waals surface area contributed by atoms with Crippen molar-refractivity contribution in [3.05, 3.63) is 62.6 Å². The largest absolute Gasteiger partial charge is 0.289 e. The van der Waals surface area contributed by atoms with Crippen LogP contribution in [0.15, 0.2) is 47.4 Å². The quantitative estimate of drug-likeness (QED) is 0.462. The van der Waals surface area contributed by atoms with Crippen molar-refractivity contribution in [1.29, 1.82) is 0 Å². The molecule has 0 radical (unpaired) electrons. The highest BCUT2D eigenvalue weighted by atomic mass is 35.5. The minimum absolute atomic E-state index is 0.115. The maximum atomic E-state index is 12.9. The van der Waals surface area contributed by atoms with E-state index in [2.05, 4.69) is 4.98 Å². The van der Waals surface area contributed by atoms with Gasteiger partial charge in [-0.1, -0.05) is 23.7 Å². The van der Waals surface area contributed by atoms with Crippen molar-refractivity contribution in [2.45, 2.75) is 17.9 Å². The zero-order chi connectivity index (χ0) is 19.1.